The Morgan fingerprint density at radius 2 is 1.95 bits per heavy atom. The average molecular weight is 275 g/mol. The van der Waals surface area contributed by atoms with Crippen molar-refractivity contribution in [2.75, 3.05) is 26.8 Å². The topological polar surface area (TPSA) is 29.5 Å². The molecule has 0 unspecified atom stereocenters. The highest BCUT2D eigenvalue weighted by atomic mass is 16.5. The molecule has 0 bridgehead atoms. The van der Waals surface area contributed by atoms with Crippen LogP contribution in [0.1, 0.15) is 31.2 Å². The molecule has 3 nitrogen and oxygen atoms in total. The van der Waals surface area contributed by atoms with Crippen molar-refractivity contribution in [3.05, 3.63) is 35.9 Å². The van der Waals surface area contributed by atoms with Crippen LogP contribution in [-0.2, 0) is 16.0 Å². The molecule has 1 aromatic carbocycles. The smallest absolute Gasteiger partial charge is 0.222 e. The number of hydrogen-bond donors (Lipinski definition) is 0. The summed E-state index contributed by atoms with van der Waals surface area (Å²) < 4.78 is 5.35. The van der Waals surface area contributed by atoms with E-state index in [4.69, 9.17) is 4.74 Å². The molecular weight excluding hydrogens is 250 g/mol. The Bertz CT molecular complexity index is 399. The third-order valence-electron chi connectivity index (χ3n) is 4.00. The zero-order chi connectivity index (χ0) is 14.2. The molecule has 3 heteroatoms. The predicted octanol–water partition coefficient (Wildman–Crippen LogP) is 2.89. The first-order valence-electron chi connectivity index (χ1n) is 7.61. The van der Waals surface area contributed by atoms with Crippen molar-refractivity contribution < 1.29 is 9.53 Å². The minimum atomic E-state index is 0.271. The molecule has 0 aliphatic carbocycles. The lowest BCUT2D eigenvalue weighted by atomic mass is 9.99. The SMILES string of the molecule is CN(CC1CCOCC1)C(=O)CCCc1ccccc1. The quantitative estimate of drug-likeness (QED) is 0.799. The van der Waals surface area contributed by atoms with Crippen LogP contribution in [0.15, 0.2) is 30.3 Å². The molecule has 2 rings (SSSR count). The van der Waals surface area contributed by atoms with Crippen LogP contribution < -0.4 is 0 Å². The lowest BCUT2D eigenvalue weighted by Gasteiger charge is -2.27. The van der Waals surface area contributed by atoms with Gasteiger partial charge in [-0.1, -0.05) is 30.3 Å². The zero-order valence-corrected chi connectivity index (χ0v) is 12.4. The number of hydrogen-bond acceptors (Lipinski definition) is 2. The number of aryl methyl sites for hydroxylation is 1. The maximum Gasteiger partial charge on any atom is 0.222 e. The molecule has 0 radical (unpaired) electrons. The van der Waals surface area contributed by atoms with Crippen LogP contribution in [0.4, 0.5) is 0 Å². The average Bonchev–Trinajstić information content (AvgIpc) is 2.49. The van der Waals surface area contributed by atoms with Crippen LogP contribution in [0.3, 0.4) is 0 Å². The second-order valence-corrected chi connectivity index (χ2v) is 5.67. The van der Waals surface area contributed by atoms with Crippen molar-refractivity contribution in [1.29, 1.82) is 0 Å². The molecule has 0 saturated carbocycles. The van der Waals surface area contributed by atoms with Gasteiger partial charge in [-0.3, -0.25) is 4.79 Å². The van der Waals surface area contributed by atoms with Gasteiger partial charge in [0.1, 0.15) is 0 Å². The van der Waals surface area contributed by atoms with E-state index in [2.05, 4.69) is 24.3 Å². The molecule has 20 heavy (non-hydrogen) atoms. The van der Waals surface area contributed by atoms with E-state index in [-0.39, 0.29) is 5.91 Å². The number of carbonyl (C=O) groups is 1. The first-order chi connectivity index (χ1) is 9.75. The van der Waals surface area contributed by atoms with Crippen LogP contribution in [0.2, 0.25) is 0 Å². The standard InChI is InChI=1S/C17H25NO2/c1-18(14-16-10-12-20-13-11-16)17(19)9-5-8-15-6-3-2-4-7-15/h2-4,6-7,16H,5,8-14H2,1H3. The van der Waals surface area contributed by atoms with Crippen LogP contribution >= 0.6 is 0 Å². The molecule has 0 aromatic heterocycles. The summed E-state index contributed by atoms with van der Waals surface area (Å²) in [4.78, 5) is 14.0. The summed E-state index contributed by atoms with van der Waals surface area (Å²) in [5.74, 6) is 0.888. The van der Waals surface area contributed by atoms with Crippen LogP contribution in [0.5, 0.6) is 0 Å². The minimum Gasteiger partial charge on any atom is -0.381 e. The van der Waals surface area contributed by atoms with Gasteiger partial charge < -0.3 is 9.64 Å². The monoisotopic (exact) mass is 275 g/mol. The fourth-order valence-electron chi connectivity index (χ4n) is 2.70. The summed E-state index contributed by atoms with van der Waals surface area (Å²) in [5, 5.41) is 0. The highest BCUT2D eigenvalue weighted by Gasteiger charge is 2.18. The molecule has 0 N–H and O–H groups in total. The van der Waals surface area contributed by atoms with E-state index in [1.807, 2.05) is 18.0 Å². The Hall–Kier alpha value is -1.35. The minimum absolute atomic E-state index is 0.271. The van der Waals surface area contributed by atoms with Gasteiger partial charge in [0.25, 0.3) is 0 Å². The Morgan fingerprint density at radius 3 is 2.65 bits per heavy atom. The van der Waals surface area contributed by atoms with Gasteiger partial charge >= 0.3 is 0 Å². The van der Waals surface area contributed by atoms with Crippen LogP contribution in [0.25, 0.3) is 0 Å². The highest BCUT2D eigenvalue weighted by molar-refractivity contribution is 5.75. The second-order valence-electron chi connectivity index (χ2n) is 5.67. The van der Waals surface area contributed by atoms with Gasteiger partial charge in [-0.15, -0.1) is 0 Å². The largest absolute Gasteiger partial charge is 0.381 e. The first kappa shape index (κ1) is 15.0. The van der Waals surface area contributed by atoms with Crippen molar-refractivity contribution in [3.63, 3.8) is 0 Å². The normalized spacial score (nSPS) is 16.1. The van der Waals surface area contributed by atoms with E-state index in [1.165, 1.54) is 5.56 Å². The molecule has 110 valence electrons. The molecule has 1 fully saturated rings. The number of carbonyl (C=O) groups excluding carboxylic acids is 1. The van der Waals surface area contributed by atoms with Crippen molar-refractivity contribution >= 4 is 5.91 Å². The molecule has 1 saturated heterocycles. The molecule has 1 heterocycles. The van der Waals surface area contributed by atoms with E-state index in [0.717, 1.165) is 45.4 Å². The molecule has 1 aromatic rings. The zero-order valence-electron chi connectivity index (χ0n) is 12.4. The lowest BCUT2D eigenvalue weighted by Crippen LogP contribution is -2.34. The number of benzene rings is 1. The third kappa shape index (κ3) is 4.97. The van der Waals surface area contributed by atoms with Gasteiger partial charge in [-0.05, 0) is 37.2 Å². The summed E-state index contributed by atoms with van der Waals surface area (Å²) in [5.41, 5.74) is 1.31. The number of rotatable bonds is 6. The van der Waals surface area contributed by atoms with Crippen molar-refractivity contribution in [2.45, 2.75) is 32.1 Å². The van der Waals surface area contributed by atoms with Gasteiger partial charge in [-0.2, -0.15) is 0 Å². The van der Waals surface area contributed by atoms with Crippen LogP contribution in [-0.4, -0.2) is 37.6 Å². The van der Waals surface area contributed by atoms with Crippen molar-refractivity contribution in [2.24, 2.45) is 5.92 Å². The predicted molar refractivity (Wildman–Crippen MR) is 80.6 cm³/mol. The maximum absolute atomic E-state index is 12.1. The molecule has 0 spiro atoms. The fraction of sp³-hybridized carbons (Fsp3) is 0.588. The van der Waals surface area contributed by atoms with Gasteiger partial charge in [0.05, 0.1) is 0 Å². The van der Waals surface area contributed by atoms with E-state index in [0.29, 0.717) is 12.3 Å². The third-order valence-corrected chi connectivity index (χ3v) is 4.00. The van der Waals surface area contributed by atoms with Gasteiger partial charge in [-0.25, -0.2) is 0 Å². The number of amides is 1. The van der Waals surface area contributed by atoms with Crippen LogP contribution in [0, 0.1) is 5.92 Å². The molecule has 0 atom stereocenters. The summed E-state index contributed by atoms with van der Waals surface area (Å²) in [6.07, 6.45) is 4.73. The van der Waals surface area contributed by atoms with E-state index in [1.54, 1.807) is 0 Å². The van der Waals surface area contributed by atoms with Gasteiger partial charge in [0.15, 0.2) is 0 Å². The fourth-order valence-corrected chi connectivity index (χ4v) is 2.70. The Labute approximate surface area is 121 Å². The van der Waals surface area contributed by atoms with E-state index < -0.39 is 0 Å². The van der Waals surface area contributed by atoms with Gasteiger partial charge in [0.2, 0.25) is 5.91 Å². The van der Waals surface area contributed by atoms with E-state index >= 15 is 0 Å². The Morgan fingerprint density at radius 1 is 1.25 bits per heavy atom. The lowest BCUT2D eigenvalue weighted by molar-refractivity contribution is -0.131. The molecule has 1 aliphatic heterocycles. The number of ether oxygens (including phenoxy) is 1. The molecule has 1 aliphatic rings. The Kier molecular flexibility index (Phi) is 6.06. The highest BCUT2D eigenvalue weighted by Crippen LogP contribution is 2.16. The summed E-state index contributed by atoms with van der Waals surface area (Å²) in [6, 6.07) is 10.4. The summed E-state index contributed by atoms with van der Waals surface area (Å²) in [6.45, 7) is 2.58. The van der Waals surface area contributed by atoms with E-state index in [9.17, 15) is 4.79 Å². The summed E-state index contributed by atoms with van der Waals surface area (Å²) in [7, 11) is 1.93. The molecule has 1 amide bonds. The molecular formula is C17H25NO2. The van der Waals surface area contributed by atoms with Crippen molar-refractivity contribution in [1.82, 2.24) is 4.90 Å². The second kappa shape index (κ2) is 8.05. The summed E-state index contributed by atoms with van der Waals surface area (Å²) >= 11 is 0. The first-order valence-corrected chi connectivity index (χ1v) is 7.61. The Balaban J connectivity index is 1.65. The number of nitrogens with zero attached hydrogens (tertiary/aromatic N) is 1. The van der Waals surface area contributed by atoms with Crippen molar-refractivity contribution in [3.8, 4) is 0 Å². The maximum atomic E-state index is 12.1. The van der Waals surface area contributed by atoms with Gasteiger partial charge in [0, 0.05) is 33.2 Å².